The first-order chi connectivity index (χ1) is 3.41. The first-order valence-electron chi connectivity index (χ1n) is 0.741. The normalized spacial score (nSPS) is 2.43. The van der Waals surface area contributed by atoms with Crippen molar-refractivity contribution >= 4 is 9.29 Å². The van der Waals surface area contributed by atoms with E-state index in [1.54, 1.807) is 0 Å². The van der Waals surface area contributed by atoms with Gasteiger partial charge in [-0.1, -0.05) is 0 Å². The Morgan fingerprint density at radius 3 is 1.14 bits per heavy atom. The molecule has 0 N–H and O–H groups in total. The molecule has 0 aliphatic carbocycles. The van der Waals surface area contributed by atoms with Gasteiger partial charge in [0.15, 0.2) is 0 Å². The standard InChI is InChI=1S/Ni.O2Si.2O.Ti/c;1-3-2;;;. The average Bonchev–Trinajstić information content (AvgIpc) is 1.78. The molecule has 0 amide bonds. The Labute approximate surface area is 61.3 Å². The summed E-state index contributed by atoms with van der Waals surface area (Å²) in [5.74, 6) is 0. The van der Waals surface area contributed by atoms with Gasteiger partial charge in [0, 0.05) is 0 Å². The molecular weight excluding hydrogens is 199 g/mol. The van der Waals surface area contributed by atoms with Crippen molar-refractivity contribution in [3.63, 3.8) is 0 Å². The molecule has 0 bridgehead atoms. The van der Waals surface area contributed by atoms with E-state index in [1.807, 2.05) is 0 Å². The van der Waals surface area contributed by atoms with Gasteiger partial charge in [0.2, 0.25) is 0 Å². The summed E-state index contributed by atoms with van der Waals surface area (Å²) in [6.45, 7) is 0. The summed E-state index contributed by atoms with van der Waals surface area (Å²) in [5.41, 5.74) is 0. The molecule has 7 heteroatoms. The van der Waals surface area contributed by atoms with Crippen LogP contribution in [0.25, 0.3) is 0 Å². The van der Waals surface area contributed by atoms with Gasteiger partial charge in [-0.05, 0) is 0 Å². The summed E-state index contributed by atoms with van der Waals surface area (Å²) in [6.07, 6.45) is 0. The van der Waals surface area contributed by atoms with Crippen LogP contribution in [0, 0.1) is 0 Å². The predicted molar refractivity (Wildman–Crippen MR) is 8.50 cm³/mol. The van der Waals surface area contributed by atoms with E-state index in [2.05, 4.69) is 15.4 Å². The zero-order valence-electron chi connectivity index (χ0n) is 2.95. The minimum absolute atomic E-state index is 0.750. The molecule has 0 aromatic rings. The summed E-state index contributed by atoms with van der Waals surface area (Å²) < 4.78 is 32.9. The first kappa shape index (κ1) is 15.6. The Hall–Kier alpha value is 0.625. The van der Waals surface area contributed by atoms with Gasteiger partial charge in [0.05, 0.1) is 0 Å². The van der Waals surface area contributed by atoms with E-state index in [1.165, 1.54) is 0 Å². The Morgan fingerprint density at radius 2 is 1.14 bits per heavy atom. The SMILES string of the molecule is O=[Si]=O.[O]=[Ni].[O]=[Ti]. The van der Waals surface area contributed by atoms with E-state index in [0.717, 1.165) is 20.4 Å². The quantitative estimate of drug-likeness (QED) is 0.475. The van der Waals surface area contributed by atoms with E-state index in [4.69, 9.17) is 16.1 Å². The van der Waals surface area contributed by atoms with E-state index >= 15 is 0 Å². The third-order valence-electron chi connectivity index (χ3n) is 0. The molecule has 0 spiro atoms. The van der Waals surface area contributed by atoms with Gasteiger partial charge in [-0.25, -0.2) is 0 Å². The Morgan fingerprint density at radius 1 is 1.14 bits per heavy atom. The first-order valence-corrected chi connectivity index (χ1v) is 2.60. The van der Waals surface area contributed by atoms with Crippen molar-refractivity contribution in [2.45, 2.75) is 0 Å². The molecule has 0 radical (unpaired) electrons. The summed E-state index contributed by atoms with van der Waals surface area (Å²) >= 11 is 3.38. The molecule has 0 saturated heterocycles. The average molecular weight is 199 g/mol. The summed E-state index contributed by atoms with van der Waals surface area (Å²) in [6, 6.07) is 0. The fourth-order valence-electron chi connectivity index (χ4n) is 0. The molecule has 0 aliphatic heterocycles. The molecule has 0 saturated carbocycles. The minimum atomic E-state index is -1.42. The van der Waals surface area contributed by atoms with Crippen molar-refractivity contribution in [3.8, 4) is 0 Å². The van der Waals surface area contributed by atoms with Crippen LogP contribution in [0.5, 0.6) is 0 Å². The van der Waals surface area contributed by atoms with Crippen molar-refractivity contribution < 1.29 is 51.9 Å². The van der Waals surface area contributed by atoms with E-state index in [0.29, 0.717) is 0 Å². The van der Waals surface area contributed by atoms with Crippen LogP contribution in [-0.2, 0) is 51.9 Å². The fourth-order valence-corrected chi connectivity index (χ4v) is 0. The third kappa shape index (κ3) is 363. The Kier molecular flexibility index (Phi) is 177. The van der Waals surface area contributed by atoms with Crippen LogP contribution in [0.4, 0.5) is 0 Å². The zero-order chi connectivity index (χ0) is 6.71. The van der Waals surface area contributed by atoms with Crippen molar-refractivity contribution in [3.05, 3.63) is 0 Å². The van der Waals surface area contributed by atoms with Crippen molar-refractivity contribution in [2.75, 3.05) is 0 Å². The van der Waals surface area contributed by atoms with Crippen LogP contribution in [0.15, 0.2) is 0 Å². The second-order valence-corrected chi connectivity index (χ2v) is 0.250. The van der Waals surface area contributed by atoms with Gasteiger partial charge in [0.25, 0.3) is 0 Å². The fraction of sp³-hybridized carbons (Fsp3) is 0. The molecule has 0 heterocycles. The van der Waals surface area contributed by atoms with Crippen LogP contribution < -0.4 is 0 Å². The van der Waals surface area contributed by atoms with E-state index < -0.39 is 9.29 Å². The van der Waals surface area contributed by atoms with Gasteiger partial charge in [0.1, 0.15) is 0 Å². The van der Waals surface area contributed by atoms with E-state index in [-0.39, 0.29) is 0 Å². The number of rotatable bonds is 0. The molecule has 4 nitrogen and oxygen atoms in total. The maximum absolute atomic E-state index is 8.40. The zero-order valence-corrected chi connectivity index (χ0v) is 6.50. The van der Waals surface area contributed by atoms with Crippen LogP contribution in [0.1, 0.15) is 0 Å². The molecule has 0 aromatic carbocycles. The molecule has 0 atom stereocenters. The van der Waals surface area contributed by atoms with Gasteiger partial charge in [-0.15, -0.1) is 0 Å². The molecule has 0 aliphatic rings. The maximum atomic E-state index is 8.40. The van der Waals surface area contributed by atoms with Gasteiger partial charge in [-0.2, -0.15) is 0 Å². The molecule has 42 valence electrons. The van der Waals surface area contributed by atoms with Gasteiger partial charge < -0.3 is 0 Å². The topological polar surface area (TPSA) is 68.3 Å². The monoisotopic (exact) mass is 198 g/mol. The number of hydrogen-bond acceptors (Lipinski definition) is 4. The van der Waals surface area contributed by atoms with Crippen LogP contribution in [0.2, 0.25) is 0 Å². The van der Waals surface area contributed by atoms with Crippen molar-refractivity contribution in [1.82, 2.24) is 0 Å². The molecule has 0 unspecified atom stereocenters. The second kappa shape index (κ2) is 79.4. The molecule has 0 fully saturated rings. The molecular formula is NiO4SiTi. The second-order valence-electron chi connectivity index (χ2n) is 0.0833. The third-order valence-corrected chi connectivity index (χ3v) is 0. The predicted octanol–water partition coefficient (Wildman–Crippen LogP) is -0.861. The van der Waals surface area contributed by atoms with Crippen LogP contribution in [0.3, 0.4) is 0 Å². The van der Waals surface area contributed by atoms with Crippen LogP contribution >= 0.6 is 0 Å². The van der Waals surface area contributed by atoms with Gasteiger partial charge >= 0.3 is 52.3 Å². The molecule has 7 heavy (non-hydrogen) atoms. The Balaban J connectivity index is -0.0000000360. The van der Waals surface area contributed by atoms with Crippen molar-refractivity contribution in [2.24, 2.45) is 0 Å². The van der Waals surface area contributed by atoms with Crippen LogP contribution in [-0.4, -0.2) is 9.29 Å². The number of hydrogen-bond donors (Lipinski definition) is 0. The Bertz CT molecular complexity index is 47.7. The van der Waals surface area contributed by atoms with Crippen molar-refractivity contribution in [1.29, 1.82) is 0 Å². The van der Waals surface area contributed by atoms with E-state index in [9.17, 15) is 0 Å². The molecule has 0 aromatic heterocycles. The summed E-state index contributed by atoms with van der Waals surface area (Å²) in [5, 5.41) is 0. The molecule has 0 rings (SSSR count). The van der Waals surface area contributed by atoms with Gasteiger partial charge in [-0.3, -0.25) is 8.92 Å². The summed E-state index contributed by atoms with van der Waals surface area (Å²) in [4.78, 5) is 0. The summed E-state index contributed by atoms with van der Waals surface area (Å²) in [7, 11) is -1.42.